The third kappa shape index (κ3) is 5.60. The monoisotopic (exact) mass is 394 g/mol. The van der Waals surface area contributed by atoms with E-state index in [-0.39, 0.29) is 22.8 Å². The highest BCUT2D eigenvalue weighted by Gasteiger charge is 2.20. The maximum atomic E-state index is 12.9. The molecule has 7 nitrogen and oxygen atoms in total. The molecule has 1 amide bonds. The molecule has 0 aliphatic heterocycles. The summed E-state index contributed by atoms with van der Waals surface area (Å²) in [5.74, 6) is -1.74. The van der Waals surface area contributed by atoms with Crippen LogP contribution >= 0.6 is 0 Å². The molecular formula is C18H19FN2O5S. The summed E-state index contributed by atoms with van der Waals surface area (Å²) in [5.41, 5.74) is 0.692. The van der Waals surface area contributed by atoms with Crippen molar-refractivity contribution in [2.45, 2.75) is 24.5 Å². The Morgan fingerprint density at radius 3 is 2.44 bits per heavy atom. The SMILES string of the molecule is CNS(=O)(=O)c1cccc(C(=O)OC(C)C(=O)NCc2ccc(F)cc2)c1. The van der Waals surface area contributed by atoms with Gasteiger partial charge in [-0.25, -0.2) is 22.3 Å². The van der Waals surface area contributed by atoms with Gasteiger partial charge in [-0.15, -0.1) is 0 Å². The van der Waals surface area contributed by atoms with Crippen molar-refractivity contribution >= 4 is 21.9 Å². The Balaban J connectivity index is 1.97. The molecule has 0 aliphatic carbocycles. The molecule has 144 valence electrons. The first-order chi connectivity index (χ1) is 12.7. The molecule has 1 unspecified atom stereocenters. The summed E-state index contributed by atoms with van der Waals surface area (Å²) in [7, 11) is -2.45. The predicted molar refractivity (Wildman–Crippen MR) is 95.8 cm³/mol. The number of rotatable bonds is 7. The van der Waals surface area contributed by atoms with Gasteiger partial charge in [0, 0.05) is 6.54 Å². The quantitative estimate of drug-likeness (QED) is 0.695. The number of hydrogen-bond donors (Lipinski definition) is 2. The van der Waals surface area contributed by atoms with E-state index in [0.717, 1.165) is 6.07 Å². The fourth-order valence-electron chi connectivity index (χ4n) is 2.13. The largest absolute Gasteiger partial charge is 0.449 e. The molecule has 2 aromatic carbocycles. The normalized spacial score (nSPS) is 12.3. The number of carbonyl (C=O) groups is 2. The fourth-order valence-corrected chi connectivity index (χ4v) is 2.90. The third-order valence-corrected chi connectivity index (χ3v) is 5.09. The van der Waals surface area contributed by atoms with Gasteiger partial charge in [-0.3, -0.25) is 4.79 Å². The number of ether oxygens (including phenoxy) is 1. The standard InChI is InChI=1S/C18H19FN2O5S/c1-12(17(22)21-11-13-6-8-15(19)9-7-13)26-18(23)14-4-3-5-16(10-14)27(24,25)20-2/h3-10,12,20H,11H2,1-2H3,(H,21,22). The van der Waals surface area contributed by atoms with Gasteiger partial charge in [0.1, 0.15) is 5.82 Å². The van der Waals surface area contributed by atoms with Crippen LogP contribution in [0, 0.1) is 5.82 Å². The zero-order valence-electron chi connectivity index (χ0n) is 14.7. The van der Waals surface area contributed by atoms with Crippen molar-refractivity contribution in [1.29, 1.82) is 0 Å². The number of carbonyl (C=O) groups excluding carboxylic acids is 2. The Kier molecular flexibility index (Phi) is 6.65. The Hall–Kier alpha value is -2.78. The van der Waals surface area contributed by atoms with E-state index in [4.69, 9.17) is 4.74 Å². The van der Waals surface area contributed by atoms with Crippen molar-refractivity contribution in [3.63, 3.8) is 0 Å². The van der Waals surface area contributed by atoms with Crippen molar-refractivity contribution in [2.75, 3.05) is 7.05 Å². The van der Waals surface area contributed by atoms with Gasteiger partial charge in [-0.05, 0) is 49.9 Å². The molecule has 0 radical (unpaired) electrons. The third-order valence-electron chi connectivity index (χ3n) is 3.68. The first-order valence-electron chi connectivity index (χ1n) is 7.99. The second kappa shape index (κ2) is 8.74. The minimum atomic E-state index is -3.71. The van der Waals surface area contributed by atoms with Gasteiger partial charge in [-0.2, -0.15) is 0 Å². The van der Waals surface area contributed by atoms with Gasteiger partial charge in [-0.1, -0.05) is 18.2 Å². The van der Waals surface area contributed by atoms with E-state index in [9.17, 15) is 22.4 Å². The minimum absolute atomic E-state index is 0.00418. The lowest BCUT2D eigenvalue weighted by atomic mass is 10.2. The van der Waals surface area contributed by atoms with E-state index in [1.165, 1.54) is 56.4 Å². The van der Waals surface area contributed by atoms with Crippen molar-refractivity contribution in [2.24, 2.45) is 0 Å². The van der Waals surface area contributed by atoms with E-state index < -0.39 is 28.0 Å². The van der Waals surface area contributed by atoms with Gasteiger partial charge >= 0.3 is 5.97 Å². The number of benzene rings is 2. The highest BCUT2D eigenvalue weighted by Crippen LogP contribution is 2.13. The van der Waals surface area contributed by atoms with Crippen molar-refractivity contribution < 1.29 is 27.1 Å². The van der Waals surface area contributed by atoms with Crippen LogP contribution in [-0.4, -0.2) is 33.4 Å². The average Bonchev–Trinajstić information content (AvgIpc) is 2.67. The molecule has 0 fully saturated rings. The second-order valence-corrected chi connectivity index (χ2v) is 7.51. The number of hydrogen-bond acceptors (Lipinski definition) is 5. The molecule has 27 heavy (non-hydrogen) atoms. The average molecular weight is 394 g/mol. The van der Waals surface area contributed by atoms with Crippen molar-refractivity contribution in [1.82, 2.24) is 10.0 Å². The smallest absolute Gasteiger partial charge is 0.338 e. The molecule has 0 saturated carbocycles. The Bertz CT molecular complexity index is 929. The fraction of sp³-hybridized carbons (Fsp3) is 0.222. The summed E-state index contributed by atoms with van der Waals surface area (Å²) >= 11 is 0. The van der Waals surface area contributed by atoms with E-state index in [1.54, 1.807) is 0 Å². The van der Waals surface area contributed by atoms with Crippen molar-refractivity contribution in [3.8, 4) is 0 Å². The topological polar surface area (TPSA) is 102 Å². The van der Waals surface area contributed by atoms with Gasteiger partial charge in [0.25, 0.3) is 5.91 Å². The molecule has 1 atom stereocenters. The molecule has 9 heteroatoms. The molecule has 0 saturated heterocycles. The summed E-state index contributed by atoms with van der Waals surface area (Å²) < 4.78 is 43.7. The number of amides is 1. The van der Waals surface area contributed by atoms with Crippen LogP contribution in [0.4, 0.5) is 4.39 Å². The summed E-state index contributed by atoms with van der Waals surface area (Å²) in [5, 5.41) is 2.58. The Morgan fingerprint density at radius 2 is 1.81 bits per heavy atom. The van der Waals surface area contributed by atoms with Crippen LogP contribution in [-0.2, 0) is 26.1 Å². The Labute approximate surface area is 156 Å². The zero-order chi connectivity index (χ0) is 20.0. The molecule has 0 bridgehead atoms. The zero-order valence-corrected chi connectivity index (χ0v) is 15.5. The van der Waals surface area contributed by atoms with Gasteiger partial charge in [0.05, 0.1) is 10.5 Å². The molecular weight excluding hydrogens is 375 g/mol. The maximum Gasteiger partial charge on any atom is 0.338 e. The van der Waals surface area contributed by atoms with E-state index in [0.29, 0.717) is 5.56 Å². The number of nitrogens with one attached hydrogen (secondary N) is 2. The van der Waals surface area contributed by atoms with Crippen LogP contribution in [0.25, 0.3) is 0 Å². The van der Waals surface area contributed by atoms with Crippen LogP contribution in [0.5, 0.6) is 0 Å². The molecule has 0 spiro atoms. The highest BCUT2D eigenvalue weighted by atomic mass is 32.2. The van der Waals surface area contributed by atoms with E-state index >= 15 is 0 Å². The van der Waals surface area contributed by atoms with Crippen LogP contribution in [0.2, 0.25) is 0 Å². The van der Waals surface area contributed by atoms with Crippen LogP contribution in [0.15, 0.2) is 53.4 Å². The van der Waals surface area contributed by atoms with Crippen molar-refractivity contribution in [3.05, 3.63) is 65.5 Å². The number of halogens is 1. The molecule has 2 N–H and O–H groups in total. The number of esters is 1. The molecule has 0 aromatic heterocycles. The number of sulfonamides is 1. The van der Waals surface area contributed by atoms with E-state index in [2.05, 4.69) is 10.0 Å². The molecule has 2 aromatic rings. The van der Waals surface area contributed by atoms with Gasteiger partial charge in [0.2, 0.25) is 10.0 Å². The maximum absolute atomic E-state index is 12.9. The summed E-state index contributed by atoms with van der Waals surface area (Å²) in [6.45, 7) is 1.54. The molecule has 0 aliphatic rings. The predicted octanol–water partition coefficient (Wildman–Crippen LogP) is 1.60. The van der Waals surface area contributed by atoms with Gasteiger partial charge < -0.3 is 10.1 Å². The lowest BCUT2D eigenvalue weighted by molar-refractivity contribution is -0.129. The molecule has 0 heterocycles. The van der Waals surface area contributed by atoms with Crippen LogP contribution in [0.1, 0.15) is 22.8 Å². The highest BCUT2D eigenvalue weighted by molar-refractivity contribution is 7.89. The first kappa shape index (κ1) is 20.5. The lowest BCUT2D eigenvalue weighted by Crippen LogP contribution is -2.35. The summed E-state index contributed by atoms with van der Waals surface area (Å²) in [6.07, 6.45) is -1.09. The minimum Gasteiger partial charge on any atom is -0.449 e. The summed E-state index contributed by atoms with van der Waals surface area (Å²) in [4.78, 5) is 24.1. The van der Waals surface area contributed by atoms with Crippen LogP contribution in [0.3, 0.4) is 0 Å². The first-order valence-corrected chi connectivity index (χ1v) is 9.48. The second-order valence-electron chi connectivity index (χ2n) is 5.63. The summed E-state index contributed by atoms with van der Waals surface area (Å²) in [6, 6.07) is 10.9. The van der Waals surface area contributed by atoms with Gasteiger partial charge in [0.15, 0.2) is 6.10 Å². The molecule has 2 rings (SSSR count). The lowest BCUT2D eigenvalue weighted by Gasteiger charge is -2.14. The Morgan fingerprint density at radius 1 is 1.15 bits per heavy atom. The van der Waals surface area contributed by atoms with E-state index in [1.807, 2.05) is 0 Å². The van der Waals surface area contributed by atoms with Crippen LogP contribution < -0.4 is 10.0 Å².